The molecule has 0 aromatic heterocycles. The summed E-state index contributed by atoms with van der Waals surface area (Å²) in [6, 6.07) is 13.6. The maximum atomic E-state index is 12.9. The first-order valence-corrected chi connectivity index (χ1v) is 12.7. The lowest BCUT2D eigenvalue weighted by atomic mass is 9.98. The third-order valence-electron chi connectivity index (χ3n) is 5.80. The van der Waals surface area contributed by atoms with Crippen LogP contribution in [-0.4, -0.2) is 50.8 Å². The van der Waals surface area contributed by atoms with Crippen LogP contribution in [-0.2, 0) is 19.6 Å². The van der Waals surface area contributed by atoms with Crippen LogP contribution in [0.25, 0.3) is 0 Å². The lowest BCUT2D eigenvalue weighted by Crippen LogP contribution is -2.40. The van der Waals surface area contributed by atoms with Crippen molar-refractivity contribution in [3.05, 3.63) is 59.7 Å². The molecule has 1 fully saturated rings. The molecule has 0 atom stereocenters. The molecule has 1 aliphatic rings. The molecule has 0 unspecified atom stereocenters. The van der Waals surface area contributed by atoms with Crippen molar-refractivity contribution in [2.75, 3.05) is 26.3 Å². The standard InChI is InChI=1S/C25H31NO6S/c1-4-31-22-9-11-23(12-10-22)33(29,30)26-15-13-21(14-16-26)25(28)32-17-24(27)20-7-5-19(6-8-20)18(2)3/h5-12,18,21H,4,13-17H2,1-3H3. The Bertz CT molecular complexity index is 1050. The van der Waals surface area contributed by atoms with Gasteiger partial charge in [0.25, 0.3) is 0 Å². The van der Waals surface area contributed by atoms with Crippen LogP contribution in [0.3, 0.4) is 0 Å². The third-order valence-corrected chi connectivity index (χ3v) is 7.72. The van der Waals surface area contributed by atoms with Gasteiger partial charge in [-0.15, -0.1) is 0 Å². The SMILES string of the molecule is CCOc1ccc(S(=O)(=O)N2CCC(C(=O)OCC(=O)c3ccc(C(C)C)cc3)CC2)cc1. The largest absolute Gasteiger partial charge is 0.494 e. The van der Waals surface area contributed by atoms with Gasteiger partial charge >= 0.3 is 5.97 Å². The van der Waals surface area contributed by atoms with Crippen molar-refractivity contribution in [1.29, 1.82) is 0 Å². The molecule has 1 aliphatic heterocycles. The number of piperidine rings is 1. The predicted octanol–water partition coefficient (Wildman–Crippen LogP) is 4.04. The summed E-state index contributed by atoms with van der Waals surface area (Å²) in [7, 11) is -3.64. The van der Waals surface area contributed by atoms with E-state index in [1.807, 2.05) is 19.1 Å². The van der Waals surface area contributed by atoms with Crippen molar-refractivity contribution in [2.24, 2.45) is 5.92 Å². The van der Waals surface area contributed by atoms with E-state index in [-0.39, 0.29) is 30.4 Å². The second-order valence-electron chi connectivity index (χ2n) is 8.39. The Kier molecular flexibility index (Phi) is 8.26. The van der Waals surface area contributed by atoms with Gasteiger partial charge in [-0.1, -0.05) is 38.1 Å². The van der Waals surface area contributed by atoms with E-state index < -0.39 is 21.9 Å². The highest BCUT2D eigenvalue weighted by molar-refractivity contribution is 7.89. The molecule has 7 nitrogen and oxygen atoms in total. The maximum Gasteiger partial charge on any atom is 0.309 e. The van der Waals surface area contributed by atoms with E-state index in [2.05, 4.69) is 13.8 Å². The maximum absolute atomic E-state index is 12.9. The molecule has 33 heavy (non-hydrogen) atoms. The third kappa shape index (κ3) is 6.21. The van der Waals surface area contributed by atoms with Crippen molar-refractivity contribution in [3.63, 3.8) is 0 Å². The number of hydrogen-bond donors (Lipinski definition) is 0. The highest BCUT2D eigenvalue weighted by Crippen LogP contribution is 2.26. The Morgan fingerprint density at radius 2 is 1.61 bits per heavy atom. The van der Waals surface area contributed by atoms with E-state index in [1.54, 1.807) is 24.3 Å². The van der Waals surface area contributed by atoms with Gasteiger partial charge in [0.15, 0.2) is 12.4 Å². The molecule has 0 N–H and O–H groups in total. The lowest BCUT2D eigenvalue weighted by Gasteiger charge is -2.30. The zero-order chi connectivity index (χ0) is 24.0. The Morgan fingerprint density at radius 3 is 2.15 bits per heavy atom. The van der Waals surface area contributed by atoms with Gasteiger partial charge in [0, 0.05) is 18.7 Å². The van der Waals surface area contributed by atoms with Crippen molar-refractivity contribution >= 4 is 21.8 Å². The smallest absolute Gasteiger partial charge is 0.309 e. The van der Waals surface area contributed by atoms with Crippen LogP contribution >= 0.6 is 0 Å². The van der Waals surface area contributed by atoms with Crippen molar-refractivity contribution < 1.29 is 27.5 Å². The van der Waals surface area contributed by atoms with Crippen LogP contribution in [0.4, 0.5) is 0 Å². The lowest BCUT2D eigenvalue weighted by molar-refractivity contribution is -0.148. The zero-order valence-electron chi connectivity index (χ0n) is 19.3. The van der Waals surface area contributed by atoms with Gasteiger partial charge in [0.1, 0.15) is 5.75 Å². The molecule has 1 heterocycles. The summed E-state index contributed by atoms with van der Waals surface area (Å²) in [5, 5.41) is 0. The molecule has 1 saturated heterocycles. The molecule has 0 aliphatic carbocycles. The number of esters is 1. The highest BCUT2D eigenvalue weighted by atomic mass is 32.2. The molecule has 0 amide bonds. The number of ketones is 1. The fourth-order valence-electron chi connectivity index (χ4n) is 3.75. The normalized spacial score (nSPS) is 15.4. The van der Waals surface area contributed by atoms with Gasteiger partial charge in [-0.25, -0.2) is 8.42 Å². The molecule has 3 rings (SSSR count). The molecule has 0 saturated carbocycles. The summed E-state index contributed by atoms with van der Waals surface area (Å²) in [6.07, 6.45) is 0.707. The summed E-state index contributed by atoms with van der Waals surface area (Å²) in [5.74, 6) is -0.151. The molecule has 8 heteroatoms. The van der Waals surface area contributed by atoms with Crippen molar-refractivity contribution in [3.8, 4) is 5.75 Å². The molecule has 0 bridgehead atoms. The van der Waals surface area contributed by atoms with E-state index in [0.717, 1.165) is 5.56 Å². The Balaban J connectivity index is 1.50. The molecule has 0 spiro atoms. The van der Waals surface area contributed by atoms with Crippen molar-refractivity contribution in [1.82, 2.24) is 4.31 Å². The van der Waals surface area contributed by atoms with Gasteiger partial charge in [-0.05, 0) is 55.5 Å². The van der Waals surface area contributed by atoms with Crippen molar-refractivity contribution in [2.45, 2.75) is 44.4 Å². The van der Waals surface area contributed by atoms with E-state index in [9.17, 15) is 18.0 Å². The monoisotopic (exact) mass is 473 g/mol. The van der Waals surface area contributed by atoms with Gasteiger partial charge in [-0.3, -0.25) is 9.59 Å². The minimum Gasteiger partial charge on any atom is -0.494 e. The summed E-state index contributed by atoms with van der Waals surface area (Å²) in [4.78, 5) is 25.0. The second kappa shape index (κ2) is 10.9. The number of carbonyl (C=O) groups is 2. The van der Waals surface area contributed by atoms with Crippen LogP contribution in [0.5, 0.6) is 5.75 Å². The summed E-state index contributed by atoms with van der Waals surface area (Å²) < 4.78 is 37.8. The van der Waals surface area contributed by atoms with E-state index in [1.165, 1.54) is 16.4 Å². The number of sulfonamides is 1. The number of carbonyl (C=O) groups excluding carboxylic acids is 2. The number of Topliss-reactive ketones (excluding diaryl/α,β-unsaturated/α-hetero) is 1. The number of nitrogens with zero attached hydrogens (tertiary/aromatic N) is 1. The number of ether oxygens (including phenoxy) is 2. The van der Waals surface area contributed by atoms with Crippen LogP contribution < -0.4 is 4.74 Å². The quantitative estimate of drug-likeness (QED) is 0.403. The summed E-state index contributed by atoms with van der Waals surface area (Å²) in [6.45, 7) is 6.65. The van der Waals surface area contributed by atoms with Gasteiger partial charge in [0.2, 0.25) is 10.0 Å². The first-order chi connectivity index (χ1) is 15.7. The Morgan fingerprint density at radius 1 is 1.00 bits per heavy atom. The molecule has 178 valence electrons. The van der Waals surface area contributed by atoms with Crippen LogP contribution in [0, 0.1) is 5.92 Å². The van der Waals surface area contributed by atoms with Gasteiger partial charge < -0.3 is 9.47 Å². The highest BCUT2D eigenvalue weighted by Gasteiger charge is 2.33. The van der Waals surface area contributed by atoms with Gasteiger partial charge in [-0.2, -0.15) is 4.31 Å². The average Bonchev–Trinajstić information content (AvgIpc) is 2.83. The Hall–Kier alpha value is -2.71. The fraction of sp³-hybridized carbons (Fsp3) is 0.440. The molecule has 2 aromatic rings. The zero-order valence-corrected chi connectivity index (χ0v) is 20.1. The first kappa shape index (κ1) is 24.9. The average molecular weight is 474 g/mol. The van der Waals surface area contributed by atoms with Gasteiger partial charge in [0.05, 0.1) is 17.4 Å². The van der Waals surface area contributed by atoms with Crippen LogP contribution in [0.15, 0.2) is 53.4 Å². The van der Waals surface area contributed by atoms with Crippen LogP contribution in [0.1, 0.15) is 55.5 Å². The van der Waals surface area contributed by atoms with E-state index in [4.69, 9.17) is 9.47 Å². The molecule has 2 aromatic carbocycles. The minimum atomic E-state index is -3.64. The molecular weight excluding hydrogens is 442 g/mol. The second-order valence-corrected chi connectivity index (χ2v) is 10.3. The number of rotatable bonds is 9. The predicted molar refractivity (Wildman–Crippen MR) is 125 cm³/mol. The fourth-order valence-corrected chi connectivity index (χ4v) is 5.22. The number of benzene rings is 2. The number of hydrogen-bond acceptors (Lipinski definition) is 6. The topological polar surface area (TPSA) is 90.0 Å². The van der Waals surface area contributed by atoms with E-state index >= 15 is 0 Å². The molecular formula is C25H31NO6S. The summed E-state index contributed by atoms with van der Waals surface area (Å²) >= 11 is 0. The van der Waals surface area contributed by atoms with Crippen LogP contribution in [0.2, 0.25) is 0 Å². The molecule has 0 radical (unpaired) electrons. The first-order valence-electron chi connectivity index (χ1n) is 11.2. The Labute approximate surface area is 195 Å². The minimum absolute atomic E-state index is 0.195. The van der Waals surface area contributed by atoms with E-state index in [0.29, 0.717) is 36.7 Å². The summed E-state index contributed by atoms with van der Waals surface area (Å²) in [5.41, 5.74) is 1.64.